The van der Waals surface area contributed by atoms with Gasteiger partial charge in [0.1, 0.15) is 0 Å². The summed E-state index contributed by atoms with van der Waals surface area (Å²) in [5, 5.41) is 0.676. The normalized spacial score (nSPS) is 11.9. The lowest BCUT2D eigenvalue weighted by molar-refractivity contribution is 0.112. The number of aryl methyl sites for hydroxylation is 1. The molecule has 7 heteroatoms. The van der Waals surface area contributed by atoms with Crippen LogP contribution in [0, 0.1) is 6.92 Å². The van der Waals surface area contributed by atoms with E-state index in [1.54, 1.807) is 12.1 Å². The Hall–Kier alpha value is -0.540. The molecule has 2 aromatic rings. The number of hydrogen-bond acceptors (Lipinski definition) is 4. The third-order valence-corrected chi connectivity index (χ3v) is 5.58. The van der Waals surface area contributed by atoms with Crippen LogP contribution in [-0.4, -0.2) is 24.9 Å². The number of halogens is 1. The van der Waals surface area contributed by atoms with Gasteiger partial charge in [0.15, 0.2) is 16.1 Å². The molecule has 0 aliphatic carbocycles. The van der Waals surface area contributed by atoms with Crippen LogP contribution < -0.4 is 0 Å². The maximum Gasteiger partial charge on any atom is 0.176 e. The highest BCUT2D eigenvalue weighted by Gasteiger charge is 2.19. The van der Waals surface area contributed by atoms with Gasteiger partial charge in [0.2, 0.25) is 0 Å². The fraction of sp³-hybridized carbons (Fsp3) is 0.182. The molecule has 0 bridgehead atoms. The van der Waals surface area contributed by atoms with Crippen molar-refractivity contribution >= 4 is 57.4 Å². The van der Waals surface area contributed by atoms with Crippen LogP contribution in [0.5, 0.6) is 0 Å². The molecule has 4 nitrogen and oxygen atoms in total. The summed E-state index contributed by atoms with van der Waals surface area (Å²) in [6, 6.07) is 3.33. The predicted octanol–water partition coefficient (Wildman–Crippen LogP) is 3.01. The summed E-state index contributed by atoms with van der Waals surface area (Å²) in [4.78, 5) is 11.3. The summed E-state index contributed by atoms with van der Waals surface area (Å²) in [5.41, 5.74) is 1.95. The van der Waals surface area contributed by atoms with E-state index in [-0.39, 0.29) is 10.5 Å². The summed E-state index contributed by atoms with van der Waals surface area (Å²) in [5.74, 6) is 0. The topological polar surface area (TPSA) is 56.1 Å². The number of benzene rings is 1. The Kier molecular flexibility index (Phi) is 3.75. The van der Waals surface area contributed by atoms with Crippen molar-refractivity contribution in [3.05, 3.63) is 29.5 Å². The molecule has 0 aliphatic heterocycles. The molecule has 0 saturated carbocycles. The minimum Gasteiger partial charge on any atom is -0.298 e. The molecule has 1 aromatic heterocycles. The average molecular weight is 395 g/mol. The molecule has 0 radical (unpaired) electrons. The molecule has 0 amide bonds. The van der Waals surface area contributed by atoms with Gasteiger partial charge < -0.3 is 0 Å². The van der Waals surface area contributed by atoms with Gasteiger partial charge in [-0.2, -0.15) is 0 Å². The highest BCUT2D eigenvalue weighted by molar-refractivity contribution is 14.2. The van der Waals surface area contributed by atoms with Crippen molar-refractivity contribution < 1.29 is 13.2 Å². The Bertz CT molecular complexity index is 734. The Balaban J connectivity index is 2.99. The SMILES string of the molecule is Cc1cc(S(C)(=O)=O)c(C=O)c2ccn(SI)c12. The van der Waals surface area contributed by atoms with Crippen LogP contribution in [0.4, 0.5) is 0 Å². The van der Waals surface area contributed by atoms with Crippen molar-refractivity contribution in [2.75, 3.05) is 6.26 Å². The fourth-order valence-corrected chi connectivity index (χ4v) is 4.33. The first-order valence-corrected chi connectivity index (χ1v) is 10.2. The molecule has 0 saturated heterocycles. The Labute approximate surface area is 121 Å². The minimum atomic E-state index is -3.41. The van der Waals surface area contributed by atoms with Crippen LogP contribution in [-0.2, 0) is 9.84 Å². The molecular formula is C11H10INO3S2. The third kappa shape index (κ3) is 2.19. The van der Waals surface area contributed by atoms with E-state index in [9.17, 15) is 13.2 Å². The van der Waals surface area contributed by atoms with E-state index >= 15 is 0 Å². The van der Waals surface area contributed by atoms with Gasteiger partial charge in [0.25, 0.3) is 0 Å². The molecule has 96 valence electrons. The van der Waals surface area contributed by atoms with Gasteiger partial charge in [0.05, 0.1) is 10.4 Å². The van der Waals surface area contributed by atoms with Gasteiger partial charge in [-0.3, -0.25) is 8.77 Å². The van der Waals surface area contributed by atoms with Crippen LogP contribution in [0.15, 0.2) is 23.2 Å². The summed E-state index contributed by atoms with van der Waals surface area (Å²) in [6.07, 6.45) is 3.55. The van der Waals surface area contributed by atoms with Crippen molar-refractivity contribution in [1.82, 2.24) is 3.97 Å². The predicted molar refractivity (Wildman–Crippen MR) is 82.2 cm³/mol. The van der Waals surface area contributed by atoms with Crippen molar-refractivity contribution in [2.45, 2.75) is 11.8 Å². The van der Waals surface area contributed by atoms with E-state index in [1.807, 2.05) is 17.1 Å². The lowest BCUT2D eigenvalue weighted by atomic mass is 10.1. The monoisotopic (exact) mass is 395 g/mol. The average Bonchev–Trinajstić information content (AvgIpc) is 2.72. The number of aldehydes is 1. The molecule has 0 aliphatic rings. The maximum atomic E-state index is 11.7. The zero-order valence-corrected chi connectivity index (χ0v) is 13.5. The van der Waals surface area contributed by atoms with Crippen molar-refractivity contribution in [1.29, 1.82) is 0 Å². The Morgan fingerprint density at radius 1 is 1.44 bits per heavy atom. The largest absolute Gasteiger partial charge is 0.298 e. The van der Waals surface area contributed by atoms with E-state index in [4.69, 9.17) is 0 Å². The van der Waals surface area contributed by atoms with Crippen LogP contribution in [0.2, 0.25) is 0 Å². The molecule has 0 atom stereocenters. The zero-order valence-electron chi connectivity index (χ0n) is 9.68. The molecule has 0 N–H and O–H groups in total. The van der Waals surface area contributed by atoms with Gasteiger partial charge >= 0.3 is 0 Å². The second kappa shape index (κ2) is 4.86. The van der Waals surface area contributed by atoms with Crippen molar-refractivity contribution in [3.8, 4) is 0 Å². The van der Waals surface area contributed by atoms with E-state index < -0.39 is 9.84 Å². The van der Waals surface area contributed by atoms with Crippen LogP contribution >= 0.6 is 30.3 Å². The summed E-state index contributed by atoms with van der Waals surface area (Å²) in [6.45, 7) is 1.84. The van der Waals surface area contributed by atoms with Gasteiger partial charge in [-0.1, -0.05) is 0 Å². The van der Waals surface area contributed by atoms with Crippen LogP contribution in [0.1, 0.15) is 15.9 Å². The molecule has 0 spiro atoms. The number of hydrogen-bond donors (Lipinski definition) is 0. The second-order valence-electron chi connectivity index (χ2n) is 3.97. The highest BCUT2D eigenvalue weighted by atomic mass is 127. The second-order valence-corrected chi connectivity index (χ2v) is 7.67. The molecule has 2 rings (SSSR count). The number of nitrogens with zero attached hydrogens (tertiary/aromatic N) is 1. The number of carbonyl (C=O) groups is 1. The van der Waals surface area contributed by atoms with Gasteiger partial charge in [0, 0.05) is 53.7 Å². The van der Waals surface area contributed by atoms with Crippen LogP contribution in [0.3, 0.4) is 0 Å². The molecule has 1 heterocycles. The van der Waals surface area contributed by atoms with E-state index in [0.29, 0.717) is 11.7 Å². The number of sulfone groups is 1. The maximum absolute atomic E-state index is 11.7. The highest BCUT2D eigenvalue weighted by Crippen LogP contribution is 2.32. The first-order chi connectivity index (χ1) is 8.40. The zero-order chi connectivity index (χ0) is 13.5. The quantitative estimate of drug-likeness (QED) is 0.592. The van der Waals surface area contributed by atoms with Gasteiger partial charge in [-0.25, -0.2) is 8.42 Å². The standard InChI is InChI=1S/C11H10INO3S2/c1-7-5-10(18(2,15)16)9(6-14)8-3-4-13(17-12)11(7)8/h3-6H,1-2H3. The molecule has 1 aromatic carbocycles. The van der Waals surface area contributed by atoms with Crippen LogP contribution in [0.25, 0.3) is 10.9 Å². The van der Waals surface area contributed by atoms with Crippen molar-refractivity contribution in [2.24, 2.45) is 0 Å². The first-order valence-electron chi connectivity index (χ1n) is 4.99. The minimum absolute atomic E-state index is 0.0960. The lowest BCUT2D eigenvalue weighted by Crippen LogP contribution is -2.03. The summed E-state index contributed by atoms with van der Waals surface area (Å²) >= 11 is 2.14. The van der Waals surface area contributed by atoms with E-state index in [1.165, 1.54) is 9.12 Å². The summed E-state index contributed by atoms with van der Waals surface area (Å²) in [7, 11) is -1.93. The smallest absolute Gasteiger partial charge is 0.176 e. The van der Waals surface area contributed by atoms with Gasteiger partial charge in [-0.05, 0) is 24.6 Å². The molecule has 0 unspecified atom stereocenters. The Morgan fingerprint density at radius 3 is 2.61 bits per heavy atom. The molecule has 18 heavy (non-hydrogen) atoms. The molecular weight excluding hydrogens is 385 g/mol. The lowest BCUT2D eigenvalue weighted by Gasteiger charge is -2.08. The first kappa shape index (κ1) is 13.9. The van der Waals surface area contributed by atoms with E-state index in [2.05, 4.69) is 21.2 Å². The fourth-order valence-electron chi connectivity index (χ4n) is 1.98. The number of rotatable bonds is 3. The van der Waals surface area contributed by atoms with E-state index in [0.717, 1.165) is 17.3 Å². The number of aromatic nitrogens is 1. The Morgan fingerprint density at radius 2 is 2.11 bits per heavy atom. The molecule has 0 fully saturated rings. The number of carbonyl (C=O) groups excluding carboxylic acids is 1. The summed E-state index contributed by atoms with van der Waals surface area (Å²) < 4.78 is 25.3. The van der Waals surface area contributed by atoms with Crippen molar-refractivity contribution in [3.63, 3.8) is 0 Å². The third-order valence-electron chi connectivity index (χ3n) is 2.72. The van der Waals surface area contributed by atoms with Gasteiger partial charge in [-0.15, -0.1) is 0 Å². The number of fused-ring (bicyclic) bond motifs is 1.